The average molecular weight is 220 g/mol. The Morgan fingerprint density at radius 1 is 0.667 bits per heavy atom. The largest absolute Gasteiger partial charge is 0.412 e. The molecule has 0 atom stereocenters. The Bertz CT molecular complexity index is 119. The van der Waals surface area contributed by atoms with E-state index >= 15 is 0 Å². The number of rotatable bonds is 0. The molecule has 2 aliphatic rings. The highest BCUT2D eigenvalue weighted by Gasteiger charge is 2.02. The SMILES string of the molecule is CN1CCOCC1.CN1CCOCC1.O. The molecule has 2 rings (SSSR count). The summed E-state index contributed by atoms with van der Waals surface area (Å²) in [4.78, 5) is 4.53. The summed E-state index contributed by atoms with van der Waals surface area (Å²) in [6.45, 7) is 8.04. The molecule has 2 saturated heterocycles. The van der Waals surface area contributed by atoms with Crippen molar-refractivity contribution >= 4 is 0 Å². The van der Waals surface area contributed by atoms with Crippen LogP contribution < -0.4 is 0 Å². The standard InChI is InChI=1S/2C5H11NO.H2O/c2*1-6-2-4-7-5-3-6;/h2*2-5H2,1H3;1H2. The van der Waals surface area contributed by atoms with Crippen LogP contribution in [0.4, 0.5) is 0 Å². The number of hydrogen-bond donors (Lipinski definition) is 0. The Balaban J connectivity index is 0.000000245. The summed E-state index contributed by atoms with van der Waals surface area (Å²) >= 11 is 0. The Morgan fingerprint density at radius 2 is 0.933 bits per heavy atom. The topological polar surface area (TPSA) is 56.4 Å². The van der Waals surface area contributed by atoms with E-state index < -0.39 is 0 Å². The Morgan fingerprint density at radius 3 is 1.07 bits per heavy atom. The maximum absolute atomic E-state index is 5.10. The molecule has 0 aromatic heterocycles. The molecular weight excluding hydrogens is 196 g/mol. The van der Waals surface area contributed by atoms with Crippen molar-refractivity contribution < 1.29 is 14.9 Å². The normalized spacial score (nSPS) is 23.6. The molecule has 0 aliphatic carbocycles. The van der Waals surface area contributed by atoms with Crippen molar-refractivity contribution in [1.29, 1.82) is 0 Å². The minimum absolute atomic E-state index is 0. The van der Waals surface area contributed by atoms with Gasteiger partial charge in [-0.05, 0) is 14.1 Å². The van der Waals surface area contributed by atoms with Crippen LogP contribution in [0.25, 0.3) is 0 Å². The summed E-state index contributed by atoms with van der Waals surface area (Å²) in [6, 6.07) is 0. The Labute approximate surface area is 92.2 Å². The van der Waals surface area contributed by atoms with Crippen molar-refractivity contribution in [2.24, 2.45) is 0 Å². The summed E-state index contributed by atoms with van der Waals surface area (Å²) in [5.41, 5.74) is 0. The van der Waals surface area contributed by atoms with Gasteiger partial charge in [-0.3, -0.25) is 0 Å². The monoisotopic (exact) mass is 220 g/mol. The second-order valence-corrected chi connectivity index (χ2v) is 3.83. The predicted octanol–water partition coefficient (Wildman–Crippen LogP) is -0.928. The lowest BCUT2D eigenvalue weighted by atomic mass is 10.5. The lowest BCUT2D eigenvalue weighted by Crippen LogP contribution is -2.32. The summed E-state index contributed by atoms with van der Waals surface area (Å²) in [5.74, 6) is 0. The van der Waals surface area contributed by atoms with E-state index in [-0.39, 0.29) is 5.48 Å². The third kappa shape index (κ3) is 7.70. The lowest BCUT2D eigenvalue weighted by Gasteiger charge is -2.21. The average Bonchev–Trinajstić information content (AvgIpc) is 2.21. The van der Waals surface area contributed by atoms with E-state index in [0.717, 1.165) is 52.6 Å². The van der Waals surface area contributed by atoms with E-state index in [9.17, 15) is 0 Å². The molecule has 0 saturated carbocycles. The van der Waals surface area contributed by atoms with Gasteiger partial charge in [-0.2, -0.15) is 0 Å². The lowest BCUT2D eigenvalue weighted by molar-refractivity contribution is 0.0502. The molecule has 0 spiro atoms. The van der Waals surface area contributed by atoms with Crippen LogP contribution in [0.5, 0.6) is 0 Å². The van der Waals surface area contributed by atoms with E-state index in [2.05, 4.69) is 23.9 Å². The number of morpholine rings is 2. The van der Waals surface area contributed by atoms with Gasteiger partial charge in [0.15, 0.2) is 0 Å². The first-order valence-corrected chi connectivity index (χ1v) is 5.31. The molecule has 0 radical (unpaired) electrons. The molecule has 92 valence electrons. The van der Waals surface area contributed by atoms with Gasteiger partial charge in [0.1, 0.15) is 0 Å². The van der Waals surface area contributed by atoms with Crippen molar-refractivity contribution in [2.75, 3.05) is 66.7 Å². The molecule has 0 aromatic carbocycles. The molecule has 0 unspecified atom stereocenters. The number of ether oxygens (including phenoxy) is 2. The third-order valence-electron chi connectivity index (χ3n) is 2.47. The highest BCUT2D eigenvalue weighted by molar-refractivity contribution is 4.54. The predicted molar refractivity (Wildman–Crippen MR) is 60.2 cm³/mol. The molecule has 0 aromatic rings. The first kappa shape index (κ1) is 14.8. The second-order valence-electron chi connectivity index (χ2n) is 3.83. The van der Waals surface area contributed by atoms with Gasteiger partial charge in [-0.15, -0.1) is 0 Å². The minimum atomic E-state index is 0. The van der Waals surface area contributed by atoms with Crippen LogP contribution in [0.1, 0.15) is 0 Å². The summed E-state index contributed by atoms with van der Waals surface area (Å²) in [5, 5.41) is 0. The fourth-order valence-corrected chi connectivity index (χ4v) is 1.31. The van der Waals surface area contributed by atoms with E-state index in [4.69, 9.17) is 9.47 Å². The summed E-state index contributed by atoms with van der Waals surface area (Å²) in [7, 11) is 4.23. The van der Waals surface area contributed by atoms with E-state index in [1.807, 2.05) is 0 Å². The fourth-order valence-electron chi connectivity index (χ4n) is 1.31. The van der Waals surface area contributed by atoms with Crippen molar-refractivity contribution in [3.63, 3.8) is 0 Å². The Hall–Kier alpha value is -0.200. The van der Waals surface area contributed by atoms with Crippen molar-refractivity contribution in [1.82, 2.24) is 9.80 Å². The molecule has 2 fully saturated rings. The van der Waals surface area contributed by atoms with Crippen LogP contribution >= 0.6 is 0 Å². The van der Waals surface area contributed by atoms with Crippen LogP contribution in [-0.4, -0.2) is 82.0 Å². The zero-order valence-electron chi connectivity index (χ0n) is 9.87. The van der Waals surface area contributed by atoms with Crippen LogP contribution in [0, 0.1) is 0 Å². The Kier molecular flexibility index (Phi) is 8.94. The highest BCUT2D eigenvalue weighted by Crippen LogP contribution is 1.90. The molecule has 2 N–H and O–H groups in total. The highest BCUT2D eigenvalue weighted by atomic mass is 16.5. The zero-order chi connectivity index (χ0) is 10.2. The molecule has 5 heteroatoms. The number of likely N-dealkylation sites (N-methyl/N-ethyl adjacent to an activating group) is 2. The minimum Gasteiger partial charge on any atom is -0.412 e. The van der Waals surface area contributed by atoms with Gasteiger partial charge in [0, 0.05) is 26.2 Å². The summed E-state index contributed by atoms with van der Waals surface area (Å²) in [6.07, 6.45) is 0. The zero-order valence-corrected chi connectivity index (χ0v) is 9.87. The fraction of sp³-hybridized carbons (Fsp3) is 1.00. The molecule has 0 amide bonds. The van der Waals surface area contributed by atoms with Gasteiger partial charge >= 0.3 is 0 Å². The van der Waals surface area contributed by atoms with Gasteiger partial charge in [0.2, 0.25) is 0 Å². The van der Waals surface area contributed by atoms with Gasteiger partial charge in [0.25, 0.3) is 0 Å². The van der Waals surface area contributed by atoms with Gasteiger partial charge < -0.3 is 24.7 Å². The van der Waals surface area contributed by atoms with Gasteiger partial charge in [-0.1, -0.05) is 0 Å². The van der Waals surface area contributed by atoms with Gasteiger partial charge in [-0.25, -0.2) is 0 Å². The molecular formula is C10H24N2O3. The molecule has 2 aliphatic heterocycles. The quantitative estimate of drug-likeness (QED) is 0.529. The first-order valence-electron chi connectivity index (χ1n) is 5.31. The van der Waals surface area contributed by atoms with Crippen molar-refractivity contribution in [3.05, 3.63) is 0 Å². The van der Waals surface area contributed by atoms with E-state index in [1.165, 1.54) is 0 Å². The molecule has 5 nitrogen and oxygen atoms in total. The van der Waals surface area contributed by atoms with Crippen molar-refractivity contribution in [2.45, 2.75) is 0 Å². The number of hydrogen-bond acceptors (Lipinski definition) is 4. The molecule has 15 heavy (non-hydrogen) atoms. The molecule has 0 bridgehead atoms. The molecule has 2 heterocycles. The summed E-state index contributed by atoms with van der Waals surface area (Å²) < 4.78 is 10.2. The van der Waals surface area contributed by atoms with Crippen LogP contribution in [0.3, 0.4) is 0 Å². The maximum atomic E-state index is 5.10. The van der Waals surface area contributed by atoms with E-state index in [1.54, 1.807) is 0 Å². The van der Waals surface area contributed by atoms with Gasteiger partial charge in [0.05, 0.1) is 26.4 Å². The smallest absolute Gasteiger partial charge is 0.0594 e. The van der Waals surface area contributed by atoms with Crippen LogP contribution in [0.2, 0.25) is 0 Å². The van der Waals surface area contributed by atoms with Crippen molar-refractivity contribution in [3.8, 4) is 0 Å². The van der Waals surface area contributed by atoms with Crippen LogP contribution in [-0.2, 0) is 9.47 Å². The van der Waals surface area contributed by atoms with Crippen LogP contribution in [0.15, 0.2) is 0 Å². The first-order chi connectivity index (χ1) is 6.79. The van der Waals surface area contributed by atoms with E-state index in [0.29, 0.717) is 0 Å². The maximum Gasteiger partial charge on any atom is 0.0594 e. The number of nitrogens with zero attached hydrogens (tertiary/aromatic N) is 2. The second kappa shape index (κ2) is 9.06. The third-order valence-corrected chi connectivity index (χ3v) is 2.47.